The average molecular weight is 501 g/mol. The number of hydrogen-bond acceptors (Lipinski definition) is 7. The molecule has 168 valence electrons. The van der Waals surface area contributed by atoms with Crippen LogP contribution in [-0.4, -0.2) is 30.8 Å². The molecule has 11 heteroatoms. The van der Waals surface area contributed by atoms with Gasteiger partial charge in [-0.2, -0.15) is 0 Å². The van der Waals surface area contributed by atoms with E-state index in [0.29, 0.717) is 5.02 Å². The first-order valence-corrected chi connectivity index (χ1v) is 12.6. The number of amides is 1. The van der Waals surface area contributed by atoms with Crippen LogP contribution < -0.4 is 10.0 Å². The van der Waals surface area contributed by atoms with Gasteiger partial charge in [-0.3, -0.25) is 14.8 Å². The van der Waals surface area contributed by atoms with Crippen LogP contribution in [0.4, 0.5) is 11.7 Å². The number of carbonyl (C=O) groups is 1. The summed E-state index contributed by atoms with van der Waals surface area (Å²) >= 11 is 7.36. The third-order valence-corrected chi connectivity index (χ3v) is 6.95. The molecule has 2 N–H and O–H groups in total. The van der Waals surface area contributed by atoms with Crippen molar-refractivity contribution in [2.24, 2.45) is 0 Å². The molecular weight excluding hydrogens is 484 g/mol. The first-order valence-electron chi connectivity index (χ1n) is 9.53. The molecule has 0 spiro atoms. The topological polar surface area (TPSA) is 114 Å². The minimum Gasteiger partial charge on any atom is -0.403 e. The van der Waals surface area contributed by atoms with Crippen molar-refractivity contribution in [1.82, 2.24) is 10.2 Å². The van der Waals surface area contributed by atoms with E-state index in [0.717, 1.165) is 10.5 Å². The molecule has 0 saturated carbocycles. The number of hydrogen-bond donors (Lipinski definition) is 2. The van der Waals surface area contributed by atoms with Crippen molar-refractivity contribution in [2.75, 3.05) is 16.3 Å². The molecule has 0 unspecified atom stereocenters. The second-order valence-electron chi connectivity index (χ2n) is 6.67. The van der Waals surface area contributed by atoms with E-state index in [9.17, 15) is 13.2 Å². The Hall–Kier alpha value is -3.34. The summed E-state index contributed by atoms with van der Waals surface area (Å²) in [5.74, 6) is -0.357. The van der Waals surface area contributed by atoms with Crippen LogP contribution in [0.5, 0.6) is 0 Å². The molecule has 3 aromatic carbocycles. The summed E-state index contributed by atoms with van der Waals surface area (Å²) in [4.78, 5) is 13.8. The zero-order valence-electron chi connectivity index (χ0n) is 17.2. The first kappa shape index (κ1) is 22.8. The molecule has 8 nitrogen and oxygen atoms in total. The molecule has 0 saturated heterocycles. The van der Waals surface area contributed by atoms with Crippen LogP contribution in [0.15, 0.2) is 87.0 Å². The Kier molecular flexibility index (Phi) is 6.68. The number of nitrogens with zero attached hydrogens (tertiary/aromatic N) is 2. The molecule has 0 aliphatic rings. The van der Waals surface area contributed by atoms with Crippen molar-refractivity contribution in [2.45, 2.75) is 9.79 Å². The van der Waals surface area contributed by atoms with Crippen molar-refractivity contribution in [3.63, 3.8) is 0 Å². The number of rotatable bonds is 7. The third-order valence-electron chi connectivity index (χ3n) is 4.52. The summed E-state index contributed by atoms with van der Waals surface area (Å²) in [7, 11) is -3.94. The zero-order valence-corrected chi connectivity index (χ0v) is 19.5. The molecule has 1 amide bonds. The van der Waals surface area contributed by atoms with E-state index < -0.39 is 15.9 Å². The first-order chi connectivity index (χ1) is 15.9. The molecule has 0 atom stereocenters. The largest absolute Gasteiger partial charge is 0.403 e. The van der Waals surface area contributed by atoms with Crippen LogP contribution in [0.2, 0.25) is 5.02 Å². The van der Waals surface area contributed by atoms with Gasteiger partial charge in [-0.15, -0.1) is 16.9 Å². The summed E-state index contributed by atoms with van der Waals surface area (Å²) in [5.41, 5.74) is 0.922. The average Bonchev–Trinajstić information content (AvgIpc) is 3.27. The summed E-state index contributed by atoms with van der Waals surface area (Å²) in [6, 6.07) is 19.3. The predicted molar refractivity (Wildman–Crippen MR) is 128 cm³/mol. The van der Waals surface area contributed by atoms with E-state index in [-0.39, 0.29) is 28.1 Å². The lowest BCUT2D eigenvalue weighted by atomic mass is 10.2. The van der Waals surface area contributed by atoms with Crippen molar-refractivity contribution in [3.8, 4) is 11.5 Å². The van der Waals surface area contributed by atoms with Gasteiger partial charge in [-0.25, -0.2) is 8.42 Å². The lowest BCUT2D eigenvalue weighted by molar-refractivity contribution is 0.102. The highest BCUT2D eigenvalue weighted by Crippen LogP contribution is 2.30. The Bertz CT molecular complexity index is 1410. The van der Waals surface area contributed by atoms with Crippen LogP contribution in [0.1, 0.15) is 10.4 Å². The minimum absolute atomic E-state index is 0.0103. The monoisotopic (exact) mass is 500 g/mol. The van der Waals surface area contributed by atoms with Crippen LogP contribution in [0, 0.1) is 0 Å². The van der Waals surface area contributed by atoms with E-state index in [1.165, 1.54) is 48.2 Å². The molecule has 0 aliphatic heterocycles. The van der Waals surface area contributed by atoms with Gasteiger partial charge < -0.3 is 4.42 Å². The normalized spacial score (nSPS) is 11.2. The number of para-hydroxylation sites is 1. The van der Waals surface area contributed by atoms with Crippen LogP contribution in [0.25, 0.3) is 11.5 Å². The highest BCUT2D eigenvalue weighted by atomic mass is 35.5. The molecule has 0 radical (unpaired) electrons. The van der Waals surface area contributed by atoms with Crippen LogP contribution in [-0.2, 0) is 10.0 Å². The van der Waals surface area contributed by atoms with Gasteiger partial charge in [0.2, 0.25) is 0 Å². The van der Waals surface area contributed by atoms with Gasteiger partial charge in [0, 0.05) is 9.92 Å². The molecule has 33 heavy (non-hydrogen) atoms. The fourth-order valence-electron chi connectivity index (χ4n) is 2.96. The number of sulfonamides is 1. The Balaban J connectivity index is 1.56. The predicted octanol–water partition coefficient (Wildman–Crippen LogP) is 5.17. The molecular formula is C22H17ClN4O4S2. The highest BCUT2D eigenvalue weighted by molar-refractivity contribution is 7.98. The van der Waals surface area contributed by atoms with Gasteiger partial charge in [0.1, 0.15) is 0 Å². The number of anilines is 2. The van der Waals surface area contributed by atoms with Gasteiger partial charge in [-0.1, -0.05) is 41.0 Å². The summed E-state index contributed by atoms with van der Waals surface area (Å²) in [5, 5.41) is 10.8. The van der Waals surface area contributed by atoms with E-state index in [1.807, 2.05) is 30.5 Å². The van der Waals surface area contributed by atoms with Gasteiger partial charge >= 0.3 is 6.01 Å². The van der Waals surface area contributed by atoms with Gasteiger partial charge in [0.15, 0.2) is 0 Å². The zero-order chi connectivity index (χ0) is 23.4. The van der Waals surface area contributed by atoms with E-state index in [2.05, 4.69) is 20.2 Å². The third kappa shape index (κ3) is 5.19. The highest BCUT2D eigenvalue weighted by Gasteiger charge is 2.20. The molecule has 1 heterocycles. The van der Waals surface area contributed by atoms with E-state index in [4.69, 9.17) is 16.0 Å². The van der Waals surface area contributed by atoms with Crippen molar-refractivity contribution < 1.29 is 17.6 Å². The smallest absolute Gasteiger partial charge is 0.322 e. The number of aromatic nitrogens is 2. The number of thioether (sulfide) groups is 1. The van der Waals surface area contributed by atoms with Crippen molar-refractivity contribution >= 4 is 51.0 Å². The number of halogens is 1. The lowest BCUT2D eigenvalue weighted by Gasteiger charge is -2.12. The van der Waals surface area contributed by atoms with Gasteiger partial charge in [0.25, 0.3) is 21.8 Å². The fourth-order valence-corrected chi connectivity index (χ4v) is 4.75. The molecule has 0 fully saturated rings. The van der Waals surface area contributed by atoms with Crippen molar-refractivity contribution in [3.05, 3.63) is 83.4 Å². The lowest BCUT2D eigenvalue weighted by Crippen LogP contribution is -2.18. The summed E-state index contributed by atoms with van der Waals surface area (Å²) in [6.45, 7) is 0. The maximum Gasteiger partial charge on any atom is 0.322 e. The Morgan fingerprint density at radius 1 is 0.970 bits per heavy atom. The van der Waals surface area contributed by atoms with Crippen molar-refractivity contribution in [1.29, 1.82) is 0 Å². The minimum atomic E-state index is -3.94. The Labute approximate surface area is 199 Å². The van der Waals surface area contributed by atoms with Gasteiger partial charge in [0.05, 0.1) is 21.7 Å². The Morgan fingerprint density at radius 3 is 2.42 bits per heavy atom. The quantitative estimate of drug-likeness (QED) is 0.336. The molecule has 0 bridgehead atoms. The number of nitrogens with one attached hydrogen (secondary N) is 2. The molecule has 4 rings (SSSR count). The SMILES string of the molecule is CSc1ccccc1-c1nnc(NC(=O)c2ccccc2NS(=O)(=O)c2ccc(Cl)cc2)o1. The molecule has 4 aromatic rings. The van der Waals surface area contributed by atoms with Crippen LogP contribution >= 0.6 is 23.4 Å². The molecule has 0 aliphatic carbocycles. The second-order valence-corrected chi connectivity index (χ2v) is 9.64. The second kappa shape index (κ2) is 9.65. The maximum absolute atomic E-state index is 12.9. The summed E-state index contributed by atoms with van der Waals surface area (Å²) in [6.07, 6.45) is 1.93. The fraction of sp³-hybridized carbons (Fsp3) is 0.0455. The maximum atomic E-state index is 12.9. The summed E-state index contributed by atoms with van der Waals surface area (Å²) < 4.78 is 33.5. The standard InChI is InChI=1S/C22H17ClN4O4S2/c1-32-19-9-5-3-7-17(19)21-25-26-22(31-21)24-20(28)16-6-2-4-8-18(16)27-33(29,30)15-12-10-14(23)11-13-15/h2-13,27H,1H3,(H,24,26,28). The van der Waals surface area contributed by atoms with Gasteiger partial charge in [-0.05, 0) is 54.8 Å². The Morgan fingerprint density at radius 2 is 1.67 bits per heavy atom. The van der Waals surface area contributed by atoms with E-state index >= 15 is 0 Å². The number of carbonyl (C=O) groups excluding carboxylic acids is 1. The van der Waals surface area contributed by atoms with E-state index in [1.54, 1.807) is 12.1 Å². The number of benzene rings is 3. The van der Waals surface area contributed by atoms with Crippen LogP contribution in [0.3, 0.4) is 0 Å². The molecule has 1 aromatic heterocycles.